The Morgan fingerprint density at radius 1 is 1.00 bits per heavy atom. The van der Waals surface area contributed by atoms with Gasteiger partial charge in [0.2, 0.25) is 0 Å². The van der Waals surface area contributed by atoms with Crippen LogP contribution in [0.3, 0.4) is 0 Å². The fourth-order valence-electron chi connectivity index (χ4n) is 1.65. The number of benzene rings is 2. The Hall–Kier alpha value is -2.60. The normalized spacial score (nSPS) is 11.4. The minimum absolute atomic E-state index is 0.110. The highest BCUT2D eigenvalue weighted by Gasteiger charge is 2.13. The molecule has 2 aromatic carbocycles. The summed E-state index contributed by atoms with van der Waals surface area (Å²) in [6.07, 6.45) is 2.38. The highest BCUT2D eigenvalue weighted by Crippen LogP contribution is 2.16. The zero-order valence-electron chi connectivity index (χ0n) is 10.9. The Morgan fingerprint density at radius 2 is 1.62 bits per heavy atom. The van der Waals surface area contributed by atoms with E-state index >= 15 is 0 Å². The van der Waals surface area contributed by atoms with Crippen molar-refractivity contribution in [2.24, 2.45) is 0 Å². The van der Waals surface area contributed by atoms with Crippen LogP contribution in [0.2, 0.25) is 0 Å². The first kappa shape index (κ1) is 14.8. The average molecular weight is 303 g/mol. The molecule has 0 unspecified atom stereocenters. The van der Waals surface area contributed by atoms with Gasteiger partial charge in [-0.25, -0.2) is 13.2 Å². The Morgan fingerprint density at radius 3 is 2.19 bits per heavy atom. The number of aliphatic carboxylic acids is 1. The lowest BCUT2D eigenvalue weighted by Gasteiger charge is -2.08. The molecule has 5 nitrogen and oxygen atoms in total. The molecular weight excluding hydrogens is 290 g/mol. The average Bonchev–Trinajstić information content (AvgIpc) is 2.46. The summed E-state index contributed by atoms with van der Waals surface area (Å²) in [7, 11) is -3.65. The molecule has 0 aromatic heterocycles. The van der Waals surface area contributed by atoms with Crippen molar-refractivity contribution in [3.8, 4) is 0 Å². The quantitative estimate of drug-likeness (QED) is 0.832. The Bertz CT molecular complexity index is 750. The van der Waals surface area contributed by atoms with Crippen LogP contribution in [0.4, 0.5) is 5.69 Å². The van der Waals surface area contributed by atoms with E-state index in [0.717, 1.165) is 6.08 Å². The zero-order chi connectivity index (χ0) is 15.3. The van der Waals surface area contributed by atoms with E-state index in [1.807, 2.05) is 0 Å². The predicted molar refractivity (Wildman–Crippen MR) is 80.4 cm³/mol. The van der Waals surface area contributed by atoms with E-state index in [2.05, 4.69) is 4.72 Å². The molecular formula is C15H13NO4S. The summed E-state index contributed by atoms with van der Waals surface area (Å²) in [6.45, 7) is 0. The number of hydrogen-bond acceptors (Lipinski definition) is 3. The Balaban J connectivity index is 2.19. The van der Waals surface area contributed by atoms with Crippen molar-refractivity contribution >= 4 is 27.8 Å². The van der Waals surface area contributed by atoms with Gasteiger partial charge in [-0.15, -0.1) is 0 Å². The molecule has 2 N–H and O–H groups in total. The number of nitrogens with one attached hydrogen (secondary N) is 1. The Labute approximate surface area is 122 Å². The topological polar surface area (TPSA) is 83.5 Å². The van der Waals surface area contributed by atoms with Gasteiger partial charge in [0.05, 0.1) is 4.90 Å². The smallest absolute Gasteiger partial charge is 0.328 e. The molecule has 0 radical (unpaired) electrons. The molecule has 0 aliphatic heterocycles. The van der Waals surface area contributed by atoms with Gasteiger partial charge in [-0.2, -0.15) is 0 Å². The van der Waals surface area contributed by atoms with Crippen molar-refractivity contribution in [1.29, 1.82) is 0 Å². The molecule has 0 saturated carbocycles. The van der Waals surface area contributed by atoms with E-state index in [-0.39, 0.29) is 4.90 Å². The van der Waals surface area contributed by atoms with Gasteiger partial charge in [-0.3, -0.25) is 4.72 Å². The van der Waals surface area contributed by atoms with Gasteiger partial charge < -0.3 is 5.11 Å². The molecule has 0 aliphatic rings. The van der Waals surface area contributed by atoms with Gasteiger partial charge in [-0.1, -0.05) is 30.3 Å². The van der Waals surface area contributed by atoms with Crippen molar-refractivity contribution < 1.29 is 18.3 Å². The molecule has 2 rings (SSSR count). The monoisotopic (exact) mass is 303 g/mol. The molecule has 0 aliphatic carbocycles. The van der Waals surface area contributed by atoms with Gasteiger partial charge in [-0.05, 0) is 35.9 Å². The van der Waals surface area contributed by atoms with Gasteiger partial charge in [0.1, 0.15) is 0 Å². The van der Waals surface area contributed by atoms with Crippen molar-refractivity contribution in [2.75, 3.05) is 4.72 Å². The lowest BCUT2D eigenvalue weighted by atomic mass is 10.2. The second-order valence-electron chi connectivity index (χ2n) is 4.21. The first-order valence-electron chi connectivity index (χ1n) is 6.06. The van der Waals surface area contributed by atoms with Gasteiger partial charge in [0.25, 0.3) is 10.0 Å². The summed E-state index contributed by atoms with van der Waals surface area (Å²) < 4.78 is 26.8. The first-order valence-corrected chi connectivity index (χ1v) is 7.55. The van der Waals surface area contributed by atoms with Crippen LogP contribution in [-0.2, 0) is 14.8 Å². The third-order valence-electron chi connectivity index (χ3n) is 2.63. The predicted octanol–water partition coefficient (Wildman–Crippen LogP) is 2.59. The SMILES string of the molecule is O=C(O)/C=C/c1ccc(S(=O)(=O)Nc2ccccc2)cc1. The molecule has 21 heavy (non-hydrogen) atoms. The first-order chi connectivity index (χ1) is 9.97. The number of carboxylic acids is 1. The molecule has 0 saturated heterocycles. The fraction of sp³-hybridized carbons (Fsp3) is 0. The number of anilines is 1. The standard InChI is InChI=1S/C15H13NO4S/c17-15(18)11-8-12-6-9-14(10-7-12)21(19,20)16-13-4-2-1-3-5-13/h1-11,16H,(H,17,18)/b11-8+. The molecule has 2 aromatic rings. The van der Waals surface area contributed by atoms with Crippen molar-refractivity contribution in [2.45, 2.75) is 4.90 Å². The van der Waals surface area contributed by atoms with E-state index in [0.29, 0.717) is 11.3 Å². The van der Waals surface area contributed by atoms with Crippen LogP contribution in [-0.4, -0.2) is 19.5 Å². The van der Waals surface area contributed by atoms with E-state index in [1.54, 1.807) is 42.5 Å². The second kappa shape index (κ2) is 6.23. The summed E-state index contributed by atoms with van der Waals surface area (Å²) in [6, 6.07) is 14.5. The molecule has 108 valence electrons. The third-order valence-corrected chi connectivity index (χ3v) is 4.03. The highest BCUT2D eigenvalue weighted by atomic mass is 32.2. The van der Waals surface area contributed by atoms with E-state index in [9.17, 15) is 13.2 Å². The summed E-state index contributed by atoms with van der Waals surface area (Å²) in [5, 5.41) is 8.53. The summed E-state index contributed by atoms with van der Waals surface area (Å²) in [4.78, 5) is 10.5. The number of carboxylic acid groups (broad SMARTS) is 1. The fourth-order valence-corrected chi connectivity index (χ4v) is 2.70. The van der Waals surface area contributed by atoms with Crippen LogP contribution in [0.25, 0.3) is 6.08 Å². The summed E-state index contributed by atoms with van der Waals surface area (Å²) in [5.74, 6) is -1.06. The lowest BCUT2D eigenvalue weighted by Crippen LogP contribution is -2.12. The maximum atomic E-state index is 12.2. The van der Waals surface area contributed by atoms with E-state index < -0.39 is 16.0 Å². The minimum Gasteiger partial charge on any atom is -0.478 e. The summed E-state index contributed by atoms with van der Waals surface area (Å²) >= 11 is 0. The van der Waals surface area contributed by atoms with Crippen LogP contribution in [0.1, 0.15) is 5.56 Å². The molecule has 0 bridgehead atoms. The van der Waals surface area contributed by atoms with Crippen LogP contribution in [0, 0.1) is 0 Å². The largest absolute Gasteiger partial charge is 0.478 e. The molecule has 0 heterocycles. The number of carbonyl (C=O) groups is 1. The Kier molecular flexibility index (Phi) is 4.39. The molecule has 0 amide bonds. The van der Waals surface area contributed by atoms with Gasteiger partial charge in [0, 0.05) is 11.8 Å². The van der Waals surface area contributed by atoms with Crippen molar-refractivity contribution in [3.05, 3.63) is 66.2 Å². The zero-order valence-corrected chi connectivity index (χ0v) is 11.7. The van der Waals surface area contributed by atoms with E-state index in [1.165, 1.54) is 18.2 Å². The van der Waals surface area contributed by atoms with Crippen molar-refractivity contribution in [3.63, 3.8) is 0 Å². The van der Waals surface area contributed by atoms with Crippen LogP contribution >= 0.6 is 0 Å². The van der Waals surface area contributed by atoms with Crippen LogP contribution in [0.5, 0.6) is 0 Å². The molecule has 6 heteroatoms. The summed E-state index contributed by atoms with van der Waals surface area (Å²) in [5.41, 5.74) is 1.09. The van der Waals surface area contributed by atoms with Crippen LogP contribution in [0.15, 0.2) is 65.6 Å². The van der Waals surface area contributed by atoms with Gasteiger partial charge >= 0.3 is 5.97 Å². The lowest BCUT2D eigenvalue weighted by molar-refractivity contribution is -0.131. The highest BCUT2D eigenvalue weighted by molar-refractivity contribution is 7.92. The number of rotatable bonds is 5. The second-order valence-corrected chi connectivity index (χ2v) is 5.89. The van der Waals surface area contributed by atoms with E-state index in [4.69, 9.17) is 5.11 Å². The number of sulfonamides is 1. The van der Waals surface area contributed by atoms with Gasteiger partial charge in [0.15, 0.2) is 0 Å². The molecule has 0 fully saturated rings. The number of para-hydroxylation sites is 1. The van der Waals surface area contributed by atoms with Crippen LogP contribution < -0.4 is 4.72 Å². The van der Waals surface area contributed by atoms with Crippen molar-refractivity contribution in [1.82, 2.24) is 0 Å². The number of hydrogen-bond donors (Lipinski definition) is 2. The maximum Gasteiger partial charge on any atom is 0.328 e. The maximum absolute atomic E-state index is 12.2. The molecule has 0 atom stereocenters. The molecule has 0 spiro atoms. The minimum atomic E-state index is -3.65. The third kappa shape index (κ3) is 4.19.